The van der Waals surface area contributed by atoms with Crippen molar-refractivity contribution < 1.29 is 26.3 Å². The summed E-state index contributed by atoms with van der Waals surface area (Å²) in [4.78, 5) is 0. The van der Waals surface area contributed by atoms with Crippen LogP contribution >= 0.6 is 0 Å². The van der Waals surface area contributed by atoms with Crippen molar-refractivity contribution in [2.24, 2.45) is 0 Å². The highest BCUT2D eigenvalue weighted by atomic mass is 19.4. The van der Waals surface area contributed by atoms with Gasteiger partial charge in [-0.15, -0.1) is 0 Å². The second kappa shape index (κ2) is 14.8. The first-order valence-electron chi connectivity index (χ1n) is 19.8. The van der Waals surface area contributed by atoms with Gasteiger partial charge >= 0.3 is 12.4 Å². The average molecular weight is 848 g/mol. The highest BCUT2D eigenvalue weighted by Crippen LogP contribution is 2.49. The molecule has 10 rings (SSSR count). The molecule has 0 bridgehead atoms. The molecule has 64 heavy (non-hydrogen) atoms. The Hall–Kier alpha value is -8.59. The van der Waals surface area contributed by atoms with Gasteiger partial charge in [-0.1, -0.05) is 91.0 Å². The summed E-state index contributed by atoms with van der Waals surface area (Å²) in [5.41, 5.74) is 1.30. The van der Waals surface area contributed by atoms with E-state index in [4.69, 9.17) is 0 Å². The van der Waals surface area contributed by atoms with Crippen LogP contribution in [0.15, 0.2) is 164 Å². The standard InChI is InChI=1S/C53H27F6N5/c54-52(55,56)43-8-5-9-44(53(57,58)59)51(43)42-27-47(63-45-10-3-1-6-38(45)40-22-20-35(24-48(40)63)33-16-12-31(28-60)13-17-33)37(30-62)26-50(42)64-46-11-4-2-7-39(46)41-23-21-36(25-49(41)64)34-18-14-32(29-61)15-19-34/h1-27H. The maximum absolute atomic E-state index is 15.3. The van der Waals surface area contributed by atoms with Crippen LogP contribution in [-0.2, 0) is 12.4 Å². The molecule has 0 unspecified atom stereocenters. The number of benzene rings is 8. The summed E-state index contributed by atoms with van der Waals surface area (Å²) in [5.74, 6) is 0. The van der Waals surface area contributed by atoms with E-state index in [1.807, 2.05) is 48.5 Å². The van der Waals surface area contributed by atoms with E-state index >= 15 is 26.3 Å². The van der Waals surface area contributed by atoms with Crippen molar-refractivity contribution in [2.75, 3.05) is 0 Å². The Morgan fingerprint density at radius 2 is 0.797 bits per heavy atom. The van der Waals surface area contributed by atoms with Crippen molar-refractivity contribution in [1.82, 2.24) is 9.13 Å². The van der Waals surface area contributed by atoms with Gasteiger partial charge in [0.15, 0.2) is 0 Å². The minimum absolute atomic E-state index is 0.0163. The lowest BCUT2D eigenvalue weighted by Crippen LogP contribution is -2.15. The first-order valence-corrected chi connectivity index (χ1v) is 19.8. The van der Waals surface area contributed by atoms with Gasteiger partial charge in [0.25, 0.3) is 0 Å². The molecule has 2 aromatic heterocycles. The summed E-state index contributed by atoms with van der Waals surface area (Å²) in [5, 5.41) is 32.7. The van der Waals surface area contributed by atoms with Crippen molar-refractivity contribution >= 4 is 43.6 Å². The van der Waals surface area contributed by atoms with E-state index in [-0.39, 0.29) is 16.9 Å². The van der Waals surface area contributed by atoms with E-state index in [1.165, 1.54) is 12.1 Å². The number of para-hydroxylation sites is 2. The Morgan fingerprint density at radius 1 is 0.375 bits per heavy atom. The van der Waals surface area contributed by atoms with Crippen LogP contribution in [0.1, 0.15) is 27.8 Å². The number of aromatic nitrogens is 2. The van der Waals surface area contributed by atoms with E-state index in [0.717, 1.165) is 33.5 Å². The fourth-order valence-corrected chi connectivity index (χ4v) is 8.85. The molecule has 0 spiro atoms. The molecule has 0 amide bonds. The Balaban J connectivity index is 1.36. The summed E-state index contributed by atoms with van der Waals surface area (Å²) in [6.45, 7) is 0. The molecular formula is C53H27F6N5. The SMILES string of the molecule is N#Cc1ccc(-c2ccc3c4ccccc4n(-c4cc(-c5c(C(F)(F)F)cccc5C(F)(F)F)c(-n5c6ccccc6c6ccc(-c7ccc(C#N)cc7)cc65)cc4C#N)c3c2)cc1. The van der Waals surface area contributed by atoms with Crippen molar-refractivity contribution in [3.63, 3.8) is 0 Å². The van der Waals surface area contributed by atoms with Crippen LogP contribution in [0.2, 0.25) is 0 Å². The van der Waals surface area contributed by atoms with Crippen LogP contribution in [0.3, 0.4) is 0 Å². The van der Waals surface area contributed by atoms with Gasteiger partial charge in [-0.3, -0.25) is 0 Å². The smallest absolute Gasteiger partial charge is 0.309 e. The maximum Gasteiger partial charge on any atom is 0.417 e. The summed E-state index contributed by atoms with van der Waals surface area (Å²) in [6.07, 6.45) is -10.5. The summed E-state index contributed by atoms with van der Waals surface area (Å²) < 4.78 is 95.1. The lowest BCUT2D eigenvalue weighted by molar-refractivity contribution is -0.142. The summed E-state index contributed by atoms with van der Waals surface area (Å²) in [7, 11) is 0. The van der Waals surface area contributed by atoms with Crippen molar-refractivity contribution in [3.05, 3.63) is 192 Å². The number of nitrogens with zero attached hydrogens (tertiary/aromatic N) is 5. The predicted molar refractivity (Wildman–Crippen MR) is 236 cm³/mol. The molecule has 306 valence electrons. The van der Waals surface area contributed by atoms with Gasteiger partial charge in [0.2, 0.25) is 0 Å². The molecule has 0 aliphatic carbocycles. The molecule has 11 heteroatoms. The maximum atomic E-state index is 15.3. The fourth-order valence-electron chi connectivity index (χ4n) is 8.85. The molecular weight excluding hydrogens is 821 g/mol. The van der Waals surface area contributed by atoms with Gasteiger partial charge in [-0.05, 0) is 95.1 Å². The van der Waals surface area contributed by atoms with Crippen molar-refractivity contribution in [1.29, 1.82) is 15.8 Å². The lowest BCUT2D eigenvalue weighted by atomic mass is 9.90. The number of fused-ring (bicyclic) bond motifs is 6. The zero-order valence-electron chi connectivity index (χ0n) is 33.1. The lowest BCUT2D eigenvalue weighted by Gasteiger charge is -2.24. The molecule has 0 saturated carbocycles. The zero-order valence-corrected chi connectivity index (χ0v) is 33.1. The van der Waals surface area contributed by atoms with E-state index in [2.05, 4.69) is 18.2 Å². The summed E-state index contributed by atoms with van der Waals surface area (Å²) in [6, 6.07) is 50.3. The third kappa shape index (κ3) is 6.40. The van der Waals surface area contributed by atoms with Gasteiger partial charge in [-0.25, -0.2) is 0 Å². The summed E-state index contributed by atoms with van der Waals surface area (Å²) >= 11 is 0. The fraction of sp³-hybridized carbons (Fsp3) is 0.0377. The molecule has 0 saturated heterocycles. The van der Waals surface area contributed by atoms with Crippen LogP contribution < -0.4 is 0 Å². The first-order chi connectivity index (χ1) is 30.9. The van der Waals surface area contributed by atoms with E-state index in [1.54, 1.807) is 94.1 Å². The monoisotopic (exact) mass is 847 g/mol. The van der Waals surface area contributed by atoms with Gasteiger partial charge < -0.3 is 9.13 Å². The number of rotatable bonds is 5. The highest BCUT2D eigenvalue weighted by Gasteiger charge is 2.42. The molecule has 0 aliphatic rings. The zero-order chi connectivity index (χ0) is 44.5. The Morgan fingerprint density at radius 3 is 1.23 bits per heavy atom. The molecule has 10 aromatic rings. The van der Waals surface area contributed by atoms with Gasteiger partial charge in [0.05, 0.1) is 73.4 Å². The third-order valence-corrected chi connectivity index (χ3v) is 11.7. The third-order valence-electron chi connectivity index (χ3n) is 11.7. The molecule has 0 radical (unpaired) electrons. The molecule has 0 fully saturated rings. The van der Waals surface area contributed by atoms with Crippen LogP contribution in [-0.4, -0.2) is 9.13 Å². The topological polar surface area (TPSA) is 81.2 Å². The van der Waals surface area contributed by atoms with E-state index in [9.17, 15) is 15.8 Å². The largest absolute Gasteiger partial charge is 0.417 e. The number of hydrogen-bond donors (Lipinski definition) is 0. The average Bonchev–Trinajstić information content (AvgIpc) is 3.82. The minimum Gasteiger partial charge on any atom is -0.309 e. The quantitative estimate of drug-likeness (QED) is 0.162. The van der Waals surface area contributed by atoms with Crippen LogP contribution in [0, 0.1) is 34.0 Å². The normalized spacial score (nSPS) is 11.9. The molecule has 0 aliphatic heterocycles. The molecule has 5 nitrogen and oxygen atoms in total. The van der Waals surface area contributed by atoms with Gasteiger partial charge in [0.1, 0.15) is 6.07 Å². The van der Waals surface area contributed by atoms with Gasteiger partial charge in [0, 0.05) is 32.7 Å². The van der Waals surface area contributed by atoms with Crippen molar-refractivity contribution in [3.8, 4) is 63.0 Å². The Kier molecular flexibility index (Phi) is 9.14. The second-order valence-corrected chi connectivity index (χ2v) is 15.3. The number of alkyl halides is 6. The highest BCUT2D eigenvalue weighted by molar-refractivity contribution is 6.12. The number of hydrogen-bond acceptors (Lipinski definition) is 3. The van der Waals surface area contributed by atoms with E-state index in [0.29, 0.717) is 61.7 Å². The van der Waals surface area contributed by atoms with Crippen molar-refractivity contribution in [2.45, 2.75) is 12.4 Å². The predicted octanol–water partition coefficient (Wildman–Crippen LogP) is 14.5. The number of nitriles is 3. The Bertz CT molecular complexity index is 3630. The van der Waals surface area contributed by atoms with Crippen LogP contribution in [0.25, 0.3) is 88.4 Å². The number of halogens is 6. The second-order valence-electron chi connectivity index (χ2n) is 15.3. The molecule has 0 N–H and O–H groups in total. The molecule has 0 atom stereocenters. The first kappa shape index (κ1) is 39.5. The van der Waals surface area contributed by atoms with Crippen LogP contribution in [0.5, 0.6) is 0 Å². The molecule has 8 aromatic carbocycles. The van der Waals surface area contributed by atoms with E-state index < -0.39 is 34.6 Å². The minimum atomic E-state index is -5.23. The van der Waals surface area contributed by atoms with Crippen LogP contribution in [0.4, 0.5) is 26.3 Å². The van der Waals surface area contributed by atoms with Gasteiger partial charge in [-0.2, -0.15) is 42.1 Å². The Labute approximate surface area is 360 Å². The molecule has 2 heterocycles.